The predicted molar refractivity (Wildman–Crippen MR) is 50.5 cm³/mol. The molecular formula is C10H7N3. The molecule has 0 saturated heterocycles. The largest absolute Gasteiger partial charge is 0.284 e. The third-order valence-corrected chi connectivity index (χ3v) is 2.17. The van der Waals surface area contributed by atoms with Crippen LogP contribution in [0.1, 0.15) is 0 Å². The van der Waals surface area contributed by atoms with E-state index in [0.717, 1.165) is 11.2 Å². The molecule has 0 aliphatic heterocycles. The van der Waals surface area contributed by atoms with Gasteiger partial charge in [0.1, 0.15) is 18.3 Å². The van der Waals surface area contributed by atoms with Crippen molar-refractivity contribution in [2.45, 2.75) is 0 Å². The summed E-state index contributed by atoms with van der Waals surface area (Å²) >= 11 is 0. The van der Waals surface area contributed by atoms with Crippen molar-refractivity contribution < 1.29 is 0 Å². The monoisotopic (exact) mass is 169 g/mol. The van der Waals surface area contributed by atoms with Gasteiger partial charge in [0.2, 0.25) is 0 Å². The van der Waals surface area contributed by atoms with Crippen molar-refractivity contribution in [1.29, 1.82) is 0 Å². The van der Waals surface area contributed by atoms with Gasteiger partial charge < -0.3 is 0 Å². The molecule has 0 atom stereocenters. The van der Waals surface area contributed by atoms with E-state index in [-0.39, 0.29) is 0 Å². The SMILES string of the molecule is c1ccc2c(c1)cc1ncncn12. The molecule has 3 rings (SSSR count). The van der Waals surface area contributed by atoms with Gasteiger partial charge in [-0.3, -0.25) is 4.40 Å². The van der Waals surface area contributed by atoms with Gasteiger partial charge in [0.25, 0.3) is 0 Å². The van der Waals surface area contributed by atoms with Crippen LogP contribution in [0.3, 0.4) is 0 Å². The lowest BCUT2D eigenvalue weighted by Crippen LogP contribution is -1.87. The van der Waals surface area contributed by atoms with E-state index in [2.05, 4.69) is 28.2 Å². The third kappa shape index (κ3) is 0.839. The summed E-state index contributed by atoms with van der Waals surface area (Å²) in [4.78, 5) is 8.16. The molecule has 1 aromatic carbocycles. The summed E-state index contributed by atoms with van der Waals surface area (Å²) in [5.74, 6) is 0. The molecule has 62 valence electrons. The zero-order valence-corrected chi connectivity index (χ0v) is 6.88. The van der Waals surface area contributed by atoms with Gasteiger partial charge in [-0.05, 0) is 12.1 Å². The maximum absolute atomic E-state index is 4.17. The second-order valence-electron chi connectivity index (χ2n) is 2.94. The highest BCUT2D eigenvalue weighted by atomic mass is 15.0. The van der Waals surface area contributed by atoms with Crippen molar-refractivity contribution >= 4 is 16.6 Å². The fourth-order valence-electron chi connectivity index (χ4n) is 1.57. The zero-order chi connectivity index (χ0) is 8.67. The Balaban J connectivity index is 2.64. The molecule has 2 heterocycles. The van der Waals surface area contributed by atoms with Gasteiger partial charge in [0.15, 0.2) is 0 Å². The van der Waals surface area contributed by atoms with E-state index in [1.165, 1.54) is 5.39 Å². The number of hydrogen-bond donors (Lipinski definition) is 0. The van der Waals surface area contributed by atoms with Crippen LogP contribution in [-0.4, -0.2) is 14.4 Å². The molecule has 0 saturated carbocycles. The highest BCUT2D eigenvalue weighted by molar-refractivity contribution is 5.85. The van der Waals surface area contributed by atoms with Crippen LogP contribution in [0.5, 0.6) is 0 Å². The molecule has 0 fully saturated rings. The van der Waals surface area contributed by atoms with E-state index >= 15 is 0 Å². The van der Waals surface area contributed by atoms with Gasteiger partial charge in [-0.15, -0.1) is 0 Å². The Morgan fingerprint density at radius 3 is 3.08 bits per heavy atom. The van der Waals surface area contributed by atoms with Crippen LogP contribution in [0.2, 0.25) is 0 Å². The van der Waals surface area contributed by atoms with Crippen molar-refractivity contribution in [3.63, 3.8) is 0 Å². The Bertz CT molecular complexity index is 518. The third-order valence-electron chi connectivity index (χ3n) is 2.17. The summed E-state index contributed by atoms with van der Waals surface area (Å²) in [5.41, 5.74) is 2.09. The summed E-state index contributed by atoms with van der Waals surface area (Å²) in [6.45, 7) is 0. The minimum absolute atomic E-state index is 0.941. The molecule has 0 spiro atoms. The van der Waals surface area contributed by atoms with E-state index < -0.39 is 0 Å². The summed E-state index contributed by atoms with van der Waals surface area (Å²) in [5, 5.41) is 1.20. The highest BCUT2D eigenvalue weighted by Gasteiger charge is 2.00. The highest BCUT2D eigenvalue weighted by Crippen LogP contribution is 2.16. The lowest BCUT2D eigenvalue weighted by Gasteiger charge is -1.92. The van der Waals surface area contributed by atoms with E-state index in [0.29, 0.717) is 0 Å². The van der Waals surface area contributed by atoms with Gasteiger partial charge in [0, 0.05) is 5.39 Å². The van der Waals surface area contributed by atoms with Crippen molar-refractivity contribution in [1.82, 2.24) is 14.4 Å². The lowest BCUT2D eigenvalue weighted by atomic mass is 10.2. The molecule has 0 aliphatic carbocycles. The first-order chi connectivity index (χ1) is 6.45. The number of benzene rings is 1. The molecule has 2 aromatic heterocycles. The second-order valence-corrected chi connectivity index (χ2v) is 2.94. The minimum atomic E-state index is 0.941. The predicted octanol–water partition coefficient (Wildman–Crippen LogP) is 1.88. The fourth-order valence-corrected chi connectivity index (χ4v) is 1.57. The zero-order valence-electron chi connectivity index (χ0n) is 6.88. The maximum Gasteiger partial charge on any atom is 0.140 e. The molecule has 0 aliphatic rings. The van der Waals surface area contributed by atoms with Crippen LogP contribution in [0.15, 0.2) is 43.0 Å². The average Bonchev–Trinajstić information content (AvgIpc) is 2.56. The second kappa shape index (κ2) is 2.29. The molecular weight excluding hydrogens is 162 g/mol. The number of rotatable bonds is 0. The Hall–Kier alpha value is -1.90. The van der Waals surface area contributed by atoms with E-state index in [9.17, 15) is 0 Å². The first-order valence-electron chi connectivity index (χ1n) is 4.11. The standard InChI is InChI=1S/C10H7N3/c1-2-4-9-8(3-1)5-10-12-6-11-7-13(9)10/h1-7H. The minimum Gasteiger partial charge on any atom is -0.284 e. The van der Waals surface area contributed by atoms with Gasteiger partial charge in [-0.2, -0.15) is 0 Å². The Morgan fingerprint density at radius 1 is 1.15 bits per heavy atom. The van der Waals surface area contributed by atoms with Crippen LogP contribution in [0.4, 0.5) is 0 Å². The molecule has 0 unspecified atom stereocenters. The van der Waals surface area contributed by atoms with Crippen LogP contribution in [-0.2, 0) is 0 Å². The van der Waals surface area contributed by atoms with Gasteiger partial charge in [-0.25, -0.2) is 9.97 Å². The van der Waals surface area contributed by atoms with Crippen molar-refractivity contribution in [2.24, 2.45) is 0 Å². The van der Waals surface area contributed by atoms with E-state index in [1.54, 1.807) is 12.7 Å². The summed E-state index contributed by atoms with van der Waals surface area (Å²) in [6.07, 6.45) is 3.35. The molecule has 13 heavy (non-hydrogen) atoms. The maximum atomic E-state index is 4.17. The van der Waals surface area contributed by atoms with Gasteiger partial charge >= 0.3 is 0 Å². The molecule has 0 bridgehead atoms. The van der Waals surface area contributed by atoms with Crippen LogP contribution in [0.25, 0.3) is 16.6 Å². The average molecular weight is 169 g/mol. The van der Waals surface area contributed by atoms with Crippen molar-refractivity contribution in [3.8, 4) is 0 Å². The van der Waals surface area contributed by atoms with Crippen LogP contribution < -0.4 is 0 Å². The summed E-state index contributed by atoms with van der Waals surface area (Å²) < 4.78 is 1.98. The van der Waals surface area contributed by atoms with Crippen molar-refractivity contribution in [2.75, 3.05) is 0 Å². The lowest BCUT2D eigenvalue weighted by molar-refractivity contribution is 1.05. The first kappa shape index (κ1) is 6.60. The van der Waals surface area contributed by atoms with Crippen LogP contribution >= 0.6 is 0 Å². The van der Waals surface area contributed by atoms with E-state index in [1.807, 2.05) is 16.5 Å². The summed E-state index contributed by atoms with van der Waals surface area (Å²) in [7, 11) is 0. The molecule has 0 amide bonds. The Labute approximate surface area is 74.7 Å². The number of fused-ring (bicyclic) bond motifs is 3. The summed E-state index contributed by atoms with van der Waals surface area (Å²) in [6, 6.07) is 10.2. The van der Waals surface area contributed by atoms with Crippen molar-refractivity contribution in [3.05, 3.63) is 43.0 Å². The van der Waals surface area contributed by atoms with E-state index in [4.69, 9.17) is 0 Å². The quantitative estimate of drug-likeness (QED) is 0.514. The molecule has 3 nitrogen and oxygen atoms in total. The molecule has 0 N–H and O–H groups in total. The molecule has 3 heteroatoms. The topological polar surface area (TPSA) is 30.2 Å². The van der Waals surface area contributed by atoms with Crippen LogP contribution in [0, 0.1) is 0 Å². The smallest absolute Gasteiger partial charge is 0.140 e. The van der Waals surface area contributed by atoms with Gasteiger partial charge in [0.05, 0.1) is 5.52 Å². The Kier molecular flexibility index (Phi) is 1.16. The number of para-hydroxylation sites is 1. The van der Waals surface area contributed by atoms with Gasteiger partial charge in [-0.1, -0.05) is 18.2 Å². The number of nitrogens with zero attached hydrogens (tertiary/aromatic N) is 3. The molecule has 3 aromatic rings. The fraction of sp³-hybridized carbons (Fsp3) is 0. The normalized spacial score (nSPS) is 11.1. The first-order valence-corrected chi connectivity index (χ1v) is 4.11. The molecule has 0 radical (unpaired) electrons. The number of hydrogen-bond acceptors (Lipinski definition) is 2. The Morgan fingerprint density at radius 2 is 2.08 bits per heavy atom. The number of aromatic nitrogens is 3.